The molecule has 178 valence electrons. The minimum absolute atomic E-state index is 0.177. The molecule has 2 aliphatic heterocycles. The van der Waals surface area contributed by atoms with Crippen LogP contribution >= 0.6 is 0 Å². The maximum absolute atomic E-state index is 12.3. The van der Waals surface area contributed by atoms with Crippen molar-refractivity contribution in [3.8, 4) is 0 Å². The minimum Gasteiger partial charge on any atom is -0.332 e. The molecule has 4 rings (SSSR count). The van der Waals surface area contributed by atoms with Gasteiger partial charge >= 0.3 is 0 Å². The third kappa shape index (κ3) is 5.33. The molecule has 0 radical (unpaired) electrons. The quantitative estimate of drug-likeness (QED) is 0.608. The van der Waals surface area contributed by atoms with Gasteiger partial charge in [0.1, 0.15) is 5.78 Å². The summed E-state index contributed by atoms with van der Waals surface area (Å²) in [6, 6.07) is 1.73. The lowest BCUT2D eigenvalue weighted by Gasteiger charge is -2.42. The van der Waals surface area contributed by atoms with Crippen LogP contribution in [0.25, 0.3) is 0 Å². The molecule has 32 heavy (non-hydrogen) atoms. The molecule has 3 aliphatic rings. The number of Topliss-reactive ketones (excluding diaryl/α,β-unsaturated/α-hetero) is 1. The van der Waals surface area contributed by atoms with E-state index in [0.29, 0.717) is 35.7 Å². The highest BCUT2D eigenvalue weighted by molar-refractivity contribution is 5.82. The van der Waals surface area contributed by atoms with E-state index < -0.39 is 0 Å². The topological polar surface area (TPSA) is 52.6 Å². The van der Waals surface area contributed by atoms with E-state index >= 15 is 0 Å². The van der Waals surface area contributed by atoms with Gasteiger partial charge in [0, 0.05) is 74.1 Å². The maximum atomic E-state index is 12.3. The van der Waals surface area contributed by atoms with Gasteiger partial charge in [0.25, 0.3) is 0 Å². The predicted octanol–water partition coefficient (Wildman–Crippen LogP) is 4.00. The van der Waals surface area contributed by atoms with E-state index in [-0.39, 0.29) is 5.92 Å². The van der Waals surface area contributed by atoms with Gasteiger partial charge in [0.15, 0.2) is 0 Å². The standard InChI is InChI=1S/C26H43N5O/c1-18(2)25(32)22-8-6-20(7-9-22)14-29(5)15-21-12-27-26(28-13-21)31-23-10-11-24(31)17-30(16-23)19(3)4/h12-13,18-20,22-24H,6-11,14-17H2,1-5H3/t20-,22-,23?,24?. The van der Waals surface area contributed by atoms with E-state index in [4.69, 9.17) is 9.97 Å². The number of carbonyl (C=O) groups excluding carboxylic acids is 1. The summed E-state index contributed by atoms with van der Waals surface area (Å²) in [7, 11) is 2.20. The van der Waals surface area contributed by atoms with Gasteiger partial charge in [0.05, 0.1) is 0 Å². The Bertz CT molecular complexity index is 742. The molecule has 3 heterocycles. The number of ketones is 1. The van der Waals surface area contributed by atoms with Crippen LogP contribution in [0.2, 0.25) is 0 Å². The van der Waals surface area contributed by atoms with Crippen molar-refractivity contribution in [2.45, 2.75) is 90.9 Å². The molecule has 2 saturated heterocycles. The van der Waals surface area contributed by atoms with Crippen LogP contribution in [0.15, 0.2) is 12.4 Å². The summed E-state index contributed by atoms with van der Waals surface area (Å²) in [4.78, 5) is 29.3. The van der Waals surface area contributed by atoms with Crippen LogP contribution < -0.4 is 4.90 Å². The first kappa shape index (κ1) is 23.6. The van der Waals surface area contributed by atoms with Crippen molar-refractivity contribution in [1.29, 1.82) is 0 Å². The van der Waals surface area contributed by atoms with Crippen LogP contribution in [0.5, 0.6) is 0 Å². The predicted molar refractivity (Wildman–Crippen MR) is 130 cm³/mol. The van der Waals surface area contributed by atoms with Crippen LogP contribution in [0.1, 0.15) is 71.8 Å². The molecule has 6 nitrogen and oxygen atoms in total. The van der Waals surface area contributed by atoms with Crippen molar-refractivity contribution in [2.75, 3.05) is 31.6 Å². The van der Waals surface area contributed by atoms with Crippen LogP contribution in [0, 0.1) is 17.8 Å². The number of hydrogen-bond acceptors (Lipinski definition) is 6. The number of rotatable bonds is 8. The maximum Gasteiger partial charge on any atom is 0.225 e. The van der Waals surface area contributed by atoms with Gasteiger partial charge in [-0.2, -0.15) is 0 Å². The van der Waals surface area contributed by atoms with E-state index in [9.17, 15) is 4.79 Å². The van der Waals surface area contributed by atoms with E-state index in [1.807, 2.05) is 26.2 Å². The Labute approximate surface area is 194 Å². The molecule has 0 aromatic carbocycles. The van der Waals surface area contributed by atoms with Crippen LogP contribution in [-0.2, 0) is 11.3 Å². The van der Waals surface area contributed by atoms with Gasteiger partial charge in [-0.1, -0.05) is 13.8 Å². The SMILES string of the molecule is CC(C)C(=O)[C@H]1CC[C@H](CN(C)Cc2cnc(N3C4CCC3CN(C(C)C)C4)nc2)CC1. The van der Waals surface area contributed by atoms with Crippen molar-refractivity contribution in [1.82, 2.24) is 19.8 Å². The Morgan fingerprint density at radius 1 is 1.00 bits per heavy atom. The molecule has 1 saturated carbocycles. The summed E-state index contributed by atoms with van der Waals surface area (Å²) in [5, 5.41) is 0. The lowest BCUT2D eigenvalue weighted by Crippen LogP contribution is -2.56. The molecular weight excluding hydrogens is 398 g/mol. The normalized spacial score (nSPS) is 28.8. The summed E-state index contributed by atoms with van der Waals surface area (Å²) < 4.78 is 0. The minimum atomic E-state index is 0.177. The summed E-state index contributed by atoms with van der Waals surface area (Å²) in [6.07, 6.45) is 11.1. The molecule has 2 atom stereocenters. The third-order valence-electron chi connectivity index (χ3n) is 8.00. The average molecular weight is 442 g/mol. The Morgan fingerprint density at radius 3 is 2.12 bits per heavy atom. The van der Waals surface area contributed by atoms with Gasteiger partial charge in [-0.25, -0.2) is 9.97 Å². The zero-order valence-electron chi connectivity index (χ0n) is 20.8. The molecule has 0 spiro atoms. The van der Waals surface area contributed by atoms with Crippen LogP contribution in [0.3, 0.4) is 0 Å². The smallest absolute Gasteiger partial charge is 0.225 e. The third-order valence-corrected chi connectivity index (χ3v) is 8.00. The van der Waals surface area contributed by atoms with Crippen LogP contribution in [-0.4, -0.2) is 70.4 Å². The molecule has 6 heteroatoms. The lowest BCUT2D eigenvalue weighted by atomic mass is 9.77. The molecule has 2 bridgehead atoms. The summed E-state index contributed by atoms with van der Waals surface area (Å²) in [5.41, 5.74) is 1.19. The fourth-order valence-electron chi connectivity index (χ4n) is 6.16. The first-order valence-electron chi connectivity index (χ1n) is 12.9. The molecule has 3 fully saturated rings. The zero-order valence-corrected chi connectivity index (χ0v) is 20.8. The van der Waals surface area contributed by atoms with Crippen molar-refractivity contribution in [2.24, 2.45) is 17.8 Å². The Balaban J connectivity index is 1.26. The molecule has 2 unspecified atom stereocenters. The highest BCUT2D eigenvalue weighted by atomic mass is 16.1. The summed E-state index contributed by atoms with van der Waals surface area (Å²) in [5.74, 6) is 2.56. The largest absolute Gasteiger partial charge is 0.332 e. The molecule has 1 aromatic rings. The van der Waals surface area contributed by atoms with Crippen molar-refractivity contribution >= 4 is 11.7 Å². The average Bonchev–Trinajstić information content (AvgIpc) is 3.03. The first-order chi connectivity index (χ1) is 15.3. The Morgan fingerprint density at radius 2 is 1.59 bits per heavy atom. The van der Waals surface area contributed by atoms with Crippen molar-refractivity contribution in [3.63, 3.8) is 0 Å². The molecule has 1 aliphatic carbocycles. The molecule has 0 amide bonds. The number of piperazine rings is 1. The monoisotopic (exact) mass is 441 g/mol. The summed E-state index contributed by atoms with van der Waals surface area (Å²) >= 11 is 0. The molecule has 1 aromatic heterocycles. The van der Waals surface area contributed by atoms with Crippen molar-refractivity contribution < 1.29 is 4.79 Å². The second kappa shape index (κ2) is 10.2. The fourth-order valence-corrected chi connectivity index (χ4v) is 6.16. The zero-order chi connectivity index (χ0) is 22.8. The van der Waals surface area contributed by atoms with E-state index in [1.54, 1.807) is 0 Å². The van der Waals surface area contributed by atoms with Gasteiger partial charge < -0.3 is 9.80 Å². The number of hydrogen-bond donors (Lipinski definition) is 0. The fraction of sp³-hybridized carbons (Fsp3) is 0.808. The lowest BCUT2D eigenvalue weighted by molar-refractivity contribution is -0.127. The number of carbonyl (C=O) groups is 1. The Kier molecular flexibility index (Phi) is 7.51. The highest BCUT2D eigenvalue weighted by Crippen LogP contribution is 2.34. The van der Waals surface area contributed by atoms with Crippen LogP contribution in [0.4, 0.5) is 5.95 Å². The van der Waals surface area contributed by atoms with E-state index in [2.05, 4.69) is 35.6 Å². The highest BCUT2D eigenvalue weighted by Gasteiger charge is 2.41. The van der Waals surface area contributed by atoms with Gasteiger partial charge in [-0.05, 0) is 65.3 Å². The van der Waals surface area contributed by atoms with Gasteiger partial charge in [-0.3, -0.25) is 9.69 Å². The van der Waals surface area contributed by atoms with E-state index in [1.165, 1.54) is 31.2 Å². The van der Waals surface area contributed by atoms with E-state index in [0.717, 1.165) is 45.0 Å². The first-order valence-corrected chi connectivity index (χ1v) is 12.9. The van der Waals surface area contributed by atoms with Gasteiger partial charge in [-0.15, -0.1) is 0 Å². The second-order valence-corrected chi connectivity index (χ2v) is 11.2. The molecule has 0 N–H and O–H groups in total. The number of fused-ring (bicyclic) bond motifs is 2. The number of anilines is 1. The van der Waals surface area contributed by atoms with Gasteiger partial charge in [0.2, 0.25) is 5.95 Å². The van der Waals surface area contributed by atoms with Crippen molar-refractivity contribution in [3.05, 3.63) is 18.0 Å². The number of nitrogens with zero attached hydrogens (tertiary/aromatic N) is 5. The molecular formula is C26H43N5O. The second-order valence-electron chi connectivity index (χ2n) is 11.2. The number of aromatic nitrogens is 2. The summed E-state index contributed by atoms with van der Waals surface area (Å²) in [6.45, 7) is 12.9. The Hall–Kier alpha value is -1.53. The number of likely N-dealkylation sites (tertiary alicyclic amines) is 1.